The lowest BCUT2D eigenvalue weighted by Crippen LogP contribution is -2.12. The summed E-state index contributed by atoms with van der Waals surface area (Å²) in [5, 5.41) is 14.7. The molecular weight excluding hydrogens is 290 g/mol. The number of benzene rings is 3. The minimum absolute atomic E-state index is 0.00784. The van der Waals surface area contributed by atoms with E-state index in [0.717, 1.165) is 11.1 Å². The molecule has 4 nitrogen and oxygen atoms in total. The largest absolute Gasteiger partial charge is 0.506 e. The summed E-state index contributed by atoms with van der Waals surface area (Å²) in [7, 11) is 0. The molecule has 0 fully saturated rings. The van der Waals surface area contributed by atoms with Gasteiger partial charge in [0.15, 0.2) is 0 Å². The molecule has 0 atom stereocenters. The monoisotopic (exact) mass is 307 g/mol. The lowest BCUT2D eigenvalue weighted by atomic mass is 10.0. The zero-order valence-corrected chi connectivity index (χ0v) is 12.7. The molecule has 0 bridgehead atoms. The lowest BCUT2D eigenvalue weighted by molar-refractivity contribution is 0.102. The number of hydrogen-bond donors (Lipinski definition) is 2. The molecule has 0 saturated carbocycles. The topological polar surface area (TPSA) is 58.6 Å². The van der Waals surface area contributed by atoms with Gasteiger partial charge in [-0.3, -0.25) is 4.79 Å². The van der Waals surface area contributed by atoms with Crippen LogP contribution in [-0.2, 0) is 0 Å². The van der Waals surface area contributed by atoms with Crippen molar-refractivity contribution in [3.8, 4) is 11.5 Å². The molecule has 0 radical (unpaired) electrons. The molecule has 0 unspecified atom stereocenters. The van der Waals surface area contributed by atoms with E-state index in [0.29, 0.717) is 17.7 Å². The van der Waals surface area contributed by atoms with Crippen LogP contribution in [0.3, 0.4) is 0 Å². The number of rotatable bonds is 4. The number of phenols is 1. The predicted octanol–water partition coefficient (Wildman–Crippen LogP) is 4.20. The van der Waals surface area contributed by atoms with Crippen molar-refractivity contribution < 1.29 is 14.6 Å². The van der Waals surface area contributed by atoms with Gasteiger partial charge in [-0.1, -0.05) is 30.3 Å². The molecule has 0 spiro atoms. The Labute approximate surface area is 134 Å². The van der Waals surface area contributed by atoms with Crippen molar-refractivity contribution >= 4 is 22.4 Å². The Balaban J connectivity index is 1.84. The zero-order chi connectivity index (χ0) is 16.2. The fraction of sp³-hybridized carbons (Fsp3) is 0.105. The number of aromatic hydroxyl groups is 1. The van der Waals surface area contributed by atoms with Gasteiger partial charge in [0.2, 0.25) is 0 Å². The molecule has 4 heteroatoms. The average molecular weight is 307 g/mol. The van der Waals surface area contributed by atoms with Crippen molar-refractivity contribution in [2.45, 2.75) is 6.92 Å². The van der Waals surface area contributed by atoms with E-state index in [9.17, 15) is 9.90 Å². The average Bonchev–Trinajstić information content (AvgIpc) is 2.57. The van der Waals surface area contributed by atoms with Crippen molar-refractivity contribution in [1.29, 1.82) is 0 Å². The van der Waals surface area contributed by atoms with Gasteiger partial charge in [-0.25, -0.2) is 0 Å². The number of carbonyl (C=O) groups is 1. The molecule has 3 aromatic rings. The van der Waals surface area contributed by atoms with Gasteiger partial charge in [0.1, 0.15) is 11.5 Å². The van der Waals surface area contributed by atoms with E-state index >= 15 is 0 Å². The number of anilines is 1. The summed E-state index contributed by atoms with van der Waals surface area (Å²) in [5.41, 5.74) is 0.892. The number of fused-ring (bicyclic) bond motifs is 1. The maximum absolute atomic E-state index is 12.4. The molecule has 3 rings (SSSR count). The third-order valence-corrected chi connectivity index (χ3v) is 3.57. The summed E-state index contributed by atoms with van der Waals surface area (Å²) >= 11 is 0. The Morgan fingerprint density at radius 1 is 1.04 bits per heavy atom. The Morgan fingerprint density at radius 2 is 1.78 bits per heavy atom. The first-order chi connectivity index (χ1) is 11.2. The second-order valence-electron chi connectivity index (χ2n) is 5.09. The Morgan fingerprint density at radius 3 is 2.52 bits per heavy atom. The van der Waals surface area contributed by atoms with Crippen molar-refractivity contribution in [2.24, 2.45) is 0 Å². The quantitative estimate of drug-likeness (QED) is 0.759. The maximum Gasteiger partial charge on any atom is 0.259 e. The van der Waals surface area contributed by atoms with Crippen LogP contribution in [0.15, 0.2) is 60.7 Å². The summed E-state index contributed by atoms with van der Waals surface area (Å²) in [6, 6.07) is 18.0. The number of amides is 1. The summed E-state index contributed by atoms with van der Waals surface area (Å²) in [4.78, 5) is 12.4. The van der Waals surface area contributed by atoms with Crippen LogP contribution in [0.2, 0.25) is 0 Å². The van der Waals surface area contributed by atoms with Crippen LogP contribution >= 0.6 is 0 Å². The summed E-state index contributed by atoms with van der Waals surface area (Å²) in [5.74, 6) is 0.392. The normalized spacial score (nSPS) is 10.5. The first kappa shape index (κ1) is 14.9. The van der Waals surface area contributed by atoms with Crippen LogP contribution < -0.4 is 10.1 Å². The van der Waals surface area contributed by atoms with E-state index in [2.05, 4.69) is 5.32 Å². The van der Waals surface area contributed by atoms with E-state index in [1.165, 1.54) is 0 Å². The van der Waals surface area contributed by atoms with Gasteiger partial charge >= 0.3 is 0 Å². The Bertz CT molecular complexity index is 841. The smallest absolute Gasteiger partial charge is 0.259 e. The third-order valence-electron chi connectivity index (χ3n) is 3.57. The van der Waals surface area contributed by atoms with Gasteiger partial charge < -0.3 is 15.2 Å². The number of ether oxygens (including phenoxy) is 1. The minimum Gasteiger partial charge on any atom is -0.506 e. The lowest BCUT2D eigenvalue weighted by Gasteiger charge is -2.10. The second kappa shape index (κ2) is 6.40. The minimum atomic E-state index is -0.350. The summed E-state index contributed by atoms with van der Waals surface area (Å²) < 4.78 is 5.37. The highest BCUT2D eigenvalue weighted by Gasteiger charge is 2.13. The maximum atomic E-state index is 12.4. The Hall–Kier alpha value is -3.01. The van der Waals surface area contributed by atoms with E-state index in [1.54, 1.807) is 36.4 Å². The molecular formula is C19H17NO3. The standard InChI is InChI=1S/C19H17NO3/c1-2-23-15-10-8-14(9-11-15)20-19(22)17-12-7-13-5-3-4-6-16(13)18(17)21/h3-12,21H,2H2,1H3,(H,20,22). The van der Waals surface area contributed by atoms with Crippen LogP contribution in [0.5, 0.6) is 11.5 Å². The van der Waals surface area contributed by atoms with Crippen LogP contribution in [0.4, 0.5) is 5.69 Å². The molecule has 0 aliphatic heterocycles. The number of nitrogens with one attached hydrogen (secondary N) is 1. The molecule has 23 heavy (non-hydrogen) atoms. The van der Waals surface area contributed by atoms with Crippen LogP contribution in [0.1, 0.15) is 17.3 Å². The molecule has 0 saturated heterocycles. The van der Waals surface area contributed by atoms with E-state index < -0.39 is 0 Å². The molecule has 2 N–H and O–H groups in total. The summed E-state index contributed by atoms with van der Waals surface area (Å²) in [6.45, 7) is 2.51. The number of carbonyl (C=O) groups excluding carboxylic acids is 1. The van der Waals surface area contributed by atoms with Gasteiger partial charge in [-0.05, 0) is 42.6 Å². The fourth-order valence-corrected chi connectivity index (χ4v) is 2.44. The SMILES string of the molecule is CCOc1ccc(NC(=O)c2ccc3ccccc3c2O)cc1. The van der Waals surface area contributed by atoms with Crippen molar-refractivity contribution in [2.75, 3.05) is 11.9 Å². The molecule has 116 valence electrons. The highest BCUT2D eigenvalue weighted by atomic mass is 16.5. The molecule has 3 aromatic carbocycles. The predicted molar refractivity (Wildman–Crippen MR) is 91.2 cm³/mol. The number of phenolic OH excluding ortho intramolecular Hbond substituents is 1. The zero-order valence-electron chi connectivity index (χ0n) is 12.7. The van der Waals surface area contributed by atoms with Gasteiger partial charge in [-0.15, -0.1) is 0 Å². The van der Waals surface area contributed by atoms with Gasteiger partial charge in [0.25, 0.3) is 5.91 Å². The van der Waals surface area contributed by atoms with E-state index in [1.807, 2.05) is 31.2 Å². The first-order valence-corrected chi connectivity index (χ1v) is 7.44. The van der Waals surface area contributed by atoms with E-state index in [4.69, 9.17) is 4.74 Å². The Kier molecular flexibility index (Phi) is 4.15. The van der Waals surface area contributed by atoms with Crippen molar-refractivity contribution in [1.82, 2.24) is 0 Å². The van der Waals surface area contributed by atoms with Crippen molar-refractivity contribution in [3.63, 3.8) is 0 Å². The third kappa shape index (κ3) is 3.11. The van der Waals surface area contributed by atoms with Gasteiger partial charge in [0, 0.05) is 11.1 Å². The molecule has 0 heterocycles. The highest BCUT2D eigenvalue weighted by molar-refractivity contribution is 6.09. The van der Waals surface area contributed by atoms with Gasteiger partial charge in [-0.2, -0.15) is 0 Å². The molecule has 0 aliphatic rings. The van der Waals surface area contributed by atoms with Crippen LogP contribution in [0.25, 0.3) is 10.8 Å². The number of hydrogen-bond acceptors (Lipinski definition) is 3. The van der Waals surface area contributed by atoms with Crippen LogP contribution in [0, 0.1) is 0 Å². The second-order valence-corrected chi connectivity index (χ2v) is 5.09. The first-order valence-electron chi connectivity index (χ1n) is 7.44. The molecule has 0 aromatic heterocycles. The van der Waals surface area contributed by atoms with Crippen LogP contribution in [-0.4, -0.2) is 17.6 Å². The van der Waals surface area contributed by atoms with Crippen molar-refractivity contribution in [3.05, 3.63) is 66.2 Å². The van der Waals surface area contributed by atoms with Gasteiger partial charge in [0.05, 0.1) is 12.2 Å². The van der Waals surface area contributed by atoms with E-state index in [-0.39, 0.29) is 17.2 Å². The summed E-state index contributed by atoms with van der Waals surface area (Å²) in [6.07, 6.45) is 0. The fourth-order valence-electron chi connectivity index (χ4n) is 2.44. The molecule has 0 aliphatic carbocycles. The highest BCUT2D eigenvalue weighted by Crippen LogP contribution is 2.29. The molecule has 1 amide bonds.